The highest BCUT2D eigenvalue weighted by Gasteiger charge is 2.25. The van der Waals surface area contributed by atoms with E-state index in [2.05, 4.69) is 0 Å². The fraction of sp³-hybridized carbons (Fsp3) is 0.0500. The Kier molecular flexibility index (Phi) is 3.12. The number of fused-ring (bicyclic) bond motifs is 2. The maximum atomic E-state index is 11.9. The molecule has 0 fully saturated rings. The Morgan fingerprint density at radius 3 is 2.39 bits per heavy atom. The van der Waals surface area contributed by atoms with Crippen LogP contribution >= 0.6 is 0 Å². The first-order valence-electron chi connectivity index (χ1n) is 7.44. The van der Waals surface area contributed by atoms with Crippen molar-refractivity contribution in [2.24, 2.45) is 0 Å². The van der Waals surface area contributed by atoms with Crippen molar-refractivity contribution in [3.63, 3.8) is 0 Å². The molecule has 0 bridgehead atoms. The van der Waals surface area contributed by atoms with Crippen LogP contribution < -0.4 is 4.74 Å². The Morgan fingerprint density at radius 2 is 1.61 bits per heavy atom. The van der Waals surface area contributed by atoms with Crippen molar-refractivity contribution >= 4 is 5.97 Å². The lowest BCUT2D eigenvalue weighted by molar-refractivity contribution is 0.0696. The van der Waals surface area contributed by atoms with Crippen molar-refractivity contribution in [3.8, 4) is 22.6 Å². The van der Waals surface area contributed by atoms with Crippen molar-refractivity contribution < 1.29 is 14.6 Å². The highest BCUT2D eigenvalue weighted by atomic mass is 16.5. The number of hydrogen-bond acceptors (Lipinski definition) is 2. The van der Waals surface area contributed by atoms with E-state index in [1.165, 1.54) is 0 Å². The lowest BCUT2D eigenvalue weighted by atomic mass is 9.90. The number of carboxylic acid groups (broad SMARTS) is 1. The van der Waals surface area contributed by atoms with Gasteiger partial charge in [-0.1, -0.05) is 48.5 Å². The molecule has 112 valence electrons. The summed E-state index contributed by atoms with van der Waals surface area (Å²) in [6.07, 6.45) is 0.563. The minimum atomic E-state index is -0.927. The molecular weight excluding hydrogens is 288 g/mol. The van der Waals surface area contributed by atoms with Gasteiger partial charge in [0.05, 0.1) is 5.56 Å². The van der Waals surface area contributed by atoms with Crippen molar-refractivity contribution in [3.05, 3.63) is 83.4 Å². The van der Waals surface area contributed by atoms with Crippen LogP contribution in [-0.2, 0) is 6.42 Å². The third-order valence-electron chi connectivity index (χ3n) is 4.13. The van der Waals surface area contributed by atoms with Gasteiger partial charge in [0.15, 0.2) is 0 Å². The fourth-order valence-electron chi connectivity index (χ4n) is 3.06. The molecule has 1 heterocycles. The molecular formula is C20H14O3. The van der Waals surface area contributed by atoms with Crippen molar-refractivity contribution in [1.82, 2.24) is 0 Å². The average Bonchev–Trinajstić information content (AvgIpc) is 2.59. The van der Waals surface area contributed by atoms with Gasteiger partial charge in [-0.2, -0.15) is 0 Å². The maximum Gasteiger partial charge on any atom is 0.336 e. The summed E-state index contributed by atoms with van der Waals surface area (Å²) in [5.74, 6) is 0.494. The highest BCUT2D eigenvalue weighted by Crippen LogP contribution is 2.41. The predicted octanol–water partition coefficient (Wildman–Crippen LogP) is 4.75. The maximum absolute atomic E-state index is 11.9. The quantitative estimate of drug-likeness (QED) is 0.581. The Balaban J connectivity index is 1.92. The number of aromatic carboxylic acids is 1. The lowest BCUT2D eigenvalue weighted by Crippen LogP contribution is -2.11. The number of rotatable bonds is 2. The highest BCUT2D eigenvalue weighted by molar-refractivity contribution is 5.99. The van der Waals surface area contributed by atoms with E-state index in [0.29, 0.717) is 17.7 Å². The molecule has 1 aliphatic rings. The second-order valence-electron chi connectivity index (χ2n) is 5.52. The molecule has 3 nitrogen and oxygen atoms in total. The third kappa shape index (κ3) is 2.27. The largest absolute Gasteiger partial charge is 0.478 e. The molecule has 1 aliphatic heterocycles. The predicted molar refractivity (Wildman–Crippen MR) is 88.2 cm³/mol. The lowest BCUT2D eigenvalue weighted by Gasteiger charge is -2.23. The van der Waals surface area contributed by atoms with Crippen LogP contribution in [0.1, 0.15) is 21.5 Å². The Hall–Kier alpha value is -3.07. The average molecular weight is 302 g/mol. The summed E-state index contributed by atoms with van der Waals surface area (Å²) in [6, 6.07) is 21.0. The minimum absolute atomic E-state index is 0.322. The summed E-state index contributed by atoms with van der Waals surface area (Å²) in [7, 11) is 0. The van der Waals surface area contributed by atoms with Crippen LogP contribution in [0.25, 0.3) is 11.1 Å². The number of hydrogen-bond donors (Lipinski definition) is 1. The van der Waals surface area contributed by atoms with Gasteiger partial charge in [-0.25, -0.2) is 4.79 Å². The molecule has 0 spiro atoms. The monoisotopic (exact) mass is 302 g/mol. The van der Waals surface area contributed by atoms with Crippen molar-refractivity contribution in [2.45, 2.75) is 6.42 Å². The summed E-state index contributed by atoms with van der Waals surface area (Å²) in [5.41, 5.74) is 3.68. The first-order chi connectivity index (χ1) is 11.2. The molecule has 1 N–H and O–H groups in total. The van der Waals surface area contributed by atoms with E-state index in [4.69, 9.17) is 4.74 Å². The topological polar surface area (TPSA) is 46.5 Å². The second-order valence-corrected chi connectivity index (χ2v) is 5.52. The van der Waals surface area contributed by atoms with Gasteiger partial charge in [0.2, 0.25) is 0 Å². The Morgan fingerprint density at radius 1 is 0.870 bits per heavy atom. The van der Waals surface area contributed by atoms with E-state index in [-0.39, 0.29) is 0 Å². The molecule has 0 aromatic heterocycles. The summed E-state index contributed by atoms with van der Waals surface area (Å²) < 4.78 is 5.90. The molecule has 23 heavy (non-hydrogen) atoms. The summed E-state index contributed by atoms with van der Waals surface area (Å²) in [4.78, 5) is 11.9. The summed E-state index contributed by atoms with van der Waals surface area (Å²) in [6.45, 7) is 0. The van der Waals surface area contributed by atoms with Gasteiger partial charge in [0.1, 0.15) is 11.5 Å². The van der Waals surface area contributed by atoms with Gasteiger partial charge in [0, 0.05) is 12.0 Å². The molecule has 0 saturated carbocycles. The summed E-state index contributed by atoms with van der Waals surface area (Å²) in [5, 5.41) is 9.78. The molecule has 0 unspecified atom stereocenters. The van der Waals surface area contributed by atoms with E-state index in [9.17, 15) is 9.90 Å². The zero-order chi connectivity index (χ0) is 15.8. The van der Waals surface area contributed by atoms with E-state index in [1.54, 1.807) is 0 Å². The number of ether oxygens (including phenoxy) is 1. The van der Waals surface area contributed by atoms with Gasteiger partial charge < -0.3 is 9.84 Å². The molecule has 3 aromatic rings. The van der Waals surface area contributed by atoms with Crippen LogP contribution in [0.3, 0.4) is 0 Å². The smallest absolute Gasteiger partial charge is 0.336 e. The van der Waals surface area contributed by atoms with E-state index in [0.717, 1.165) is 28.0 Å². The van der Waals surface area contributed by atoms with Crippen LogP contribution in [0.2, 0.25) is 0 Å². The van der Waals surface area contributed by atoms with Gasteiger partial charge in [-0.3, -0.25) is 0 Å². The number of carbonyl (C=O) groups is 1. The third-order valence-corrected chi connectivity index (χ3v) is 4.13. The first kappa shape index (κ1) is 13.6. The summed E-state index contributed by atoms with van der Waals surface area (Å²) >= 11 is 0. The first-order valence-corrected chi connectivity index (χ1v) is 7.44. The van der Waals surface area contributed by atoms with E-state index >= 15 is 0 Å². The second kappa shape index (κ2) is 5.29. The van der Waals surface area contributed by atoms with Crippen LogP contribution in [-0.4, -0.2) is 11.1 Å². The number of para-hydroxylation sites is 1. The molecule has 3 heteroatoms. The van der Waals surface area contributed by atoms with Gasteiger partial charge >= 0.3 is 5.97 Å². The van der Waals surface area contributed by atoms with Crippen molar-refractivity contribution in [1.29, 1.82) is 0 Å². The van der Waals surface area contributed by atoms with Gasteiger partial charge in [-0.05, 0) is 34.9 Å². The normalized spacial score (nSPS) is 12.0. The van der Waals surface area contributed by atoms with Crippen LogP contribution in [0.15, 0.2) is 66.7 Å². The molecule has 0 radical (unpaired) electrons. The fourth-order valence-corrected chi connectivity index (χ4v) is 3.06. The molecule has 0 saturated heterocycles. The zero-order valence-corrected chi connectivity index (χ0v) is 12.3. The zero-order valence-electron chi connectivity index (χ0n) is 12.3. The van der Waals surface area contributed by atoms with Crippen molar-refractivity contribution in [2.75, 3.05) is 0 Å². The SMILES string of the molecule is O=C(O)c1c(-c2ccccc2)ccc2c1Cc1ccccc1O2. The molecule has 0 atom stereocenters. The van der Waals surface area contributed by atoms with Crippen LogP contribution in [0.4, 0.5) is 0 Å². The van der Waals surface area contributed by atoms with Gasteiger partial charge in [0.25, 0.3) is 0 Å². The van der Waals surface area contributed by atoms with Gasteiger partial charge in [-0.15, -0.1) is 0 Å². The Labute approximate surface area is 133 Å². The number of benzene rings is 3. The number of carboxylic acids is 1. The Bertz CT molecular complexity index is 898. The minimum Gasteiger partial charge on any atom is -0.478 e. The molecule has 0 aliphatic carbocycles. The standard InChI is InChI=1S/C20H14O3/c21-20(22)19-15(13-6-2-1-3-7-13)10-11-18-16(19)12-14-8-4-5-9-17(14)23-18/h1-11H,12H2,(H,21,22). The van der Waals surface area contributed by atoms with Crippen LogP contribution in [0.5, 0.6) is 11.5 Å². The molecule has 4 rings (SSSR count). The van der Waals surface area contributed by atoms with Crippen LogP contribution in [0, 0.1) is 0 Å². The molecule has 0 amide bonds. The van der Waals surface area contributed by atoms with E-state index in [1.807, 2.05) is 66.7 Å². The van der Waals surface area contributed by atoms with E-state index < -0.39 is 5.97 Å². The molecule has 3 aromatic carbocycles.